The van der Waals surface area contributed by atoms with Gasteiger partial charge in [0.1, 0.15) is 18.1 Å². The quantitative estimate of drug-likeness (QED) is 0.716. The molecule has 1 aromatic heterocycles. The molecule has 0 saturated carbocycles. The summed E-state index contributed by atoms with van der Waals surface area (Å²) in [4.78, 5) is 28.5. The number of amides is 2. The lowest BCUT2D eigenvalue weighted by Gasteiger charge is -2.40. The minimum Gasteiger partial charge on any atom is -0.491 e. The molecule has 0 radical (unpaired) electrons. The first-order valence-corrected chi connectivity index (χ1v) is 13.2. The summed E-state index contributed by atoms with van der Waals surface area (Å²) in [5.74, 6) is 1.54. The van der Waals surface area contributed by atoms with Gasteiger partial charge < -0.3 is 15.0 Å². The van der Waals surface area contributed by atoms with Crippen LogP contribution in [0.2, 0.25) is 0 Å². The van der Waals surface area contributed by atoms with E-state index in [1.807, 2.05) is 30.1 Å². The second-order valence-electron chi connectivity index (χ2n) is 10.6. The average Bonchev–Trinajstić information content (AvgIpc) is 3.21. The Balaban J connectivity index is 1.39. The Bertz CT molecular complexity index is 1020. The van der Waals surface area contributed by atoms with Crippen LogP contribution in [0.3, 0.4) is 0 Å². The van der Waals surface area contributed by atoms with E-state index < -0.39 is 5.41 Å². The molecule has 2 amide bonds. The summed E-state index contributed by atoms with van der Waals surface area (Å²) in [6.45, 7) is 6.45. The fourth-order valence-corrected chi connectivity index (χ4v) is 5.46. The molecule has 0 aliphatic carbocycles. The molecular weight excluding hydrogens is 440 g/mol. The number of carbonyl (C=O) groups excluding carboxylic acids is 2. The van der Waals surface area contributed by atoms with Crippen molar-refractivity contribution in [2.75, 3.05) is 26.2 Å². The van der Waals surface area contributed by atoms with Crippen LogP contribution >= 0.6 is 0 Å². The minimum absolute atomic E-state index is 0.0149. The highest BCUT2D eigenvalue weighted by Crippen LogP contribution is 2.38. The third-order valence-electron chi connectivity index (χ3n) is 7.48. The Hall–Kier alpha value is -2.83. The van der Waals surface area contributed by atoms with Gasteiger partial charge in [0.05, 0.1) is 17.7 Å². The number of aromatic nitrogens is 2. The Kier molecular flexibility index (Phi) is 8.14. The van der Waals surface area contributed by atoms with Gasteiger partial charge >= 0.3 is 0 Å². The number of nitrogens with one attached hydrogen (secondary N) is 1. The molecule has 7 heteroatoms. The van der Waals surface area contributed by atoms with E-state index in [9.17, 15) is 9.59 Å². The zero-order chi connectivity index (χ0) is 24.8. The number of likely N-dealkylation sites (tertiary alicyclic amines) is 1. The van der Waals surface area contributed by atoms with Crippen LogP contribution < -0.4 is 10.1 Å². The Morgan fingerprint density at radius 2 is 1.91 bits per heavy atom. The van der Waals surface area contributed by atoms with Crippen molar-refractivity contribution in [2.45, 2.75) is 65.2 Å². The summed E-state index contributed by atoms with van der Waals surface area (Å²) in [5, 5.41) is 7.67. The smallest absolute Gasteiger partial charge is 0.272 e. The molecule has 1 spiro atoms. The molecule has 0 atom stereocenters. The lowest BCUT2D eigenvalue weighted by Crippen LogP contribution is -2.51. The van der Waals surface area contributed by atoms with Crippen molar-refractivity contribution < 1.29 is 14.3 Å². The summed E-state index contributed by atoms with van der Waals surface area (Å²) in [5.41, 5.74) is 2.42. The SMILES string of the molecule is CC(C)Cc1cc(C(=O)N2CCC3(CCCCCc4ccccc4OCCNC3=O)CC2)n(C)n1. The van der Waals surface area contributed by atoms with Crippen LogP contribution in [0, 0.1) is 11.3 Å². The molecule has 1 N–H and O–H groups in total. The van der Waals surface area contributed by atoms with Crippen molar-refractivity contribution in [3.8, 4) is 5.75 Å². The summed E-state index contributed by atoms with van der Waals surface area (Å²) in [6.07, 6.45) is 7.31. The summed E-state index contributed by atoms with van der Waals surface area (Å²) < 4.78 is 7.69. The monoisotopic (exact) mass is 480 g/mol. The van der Waals surface area contributed by atoms with E-state index >= 15 is 0 Å². The Morgan fingerprint density at radius 3 is 2.69 bits per heavy atom. The summed E-state index contributed by atoms with van der Waals surface area (Å²) >= 11 is 0. The van der Waals surface area contributed by atoms with Gasteiger partial charge in [-0.3, -0.25) is 14.3 Å². The number of nitrogens with zero attached hydrogens (tertiary/aromatic N) is 3. The fourth-order valence-electron chi connectivity index (χ4n) is 5.46. The molecule has 7 nitrogen and oxygen atoms in total. The Labute approximate surface area is 209 Å². The van der Waals surface area contributed by atoms with Crippen molar-refractivity contribution >= 4 is 11.8 Å². The van der Waals surface area contributed by atoms with Crippen molar-refractivity contribution in [3.63, 3.8) is 0 Å². The zero-order valence-corrected chi connectivity index (χ0v) is 21.5. The first-order valence-electron chi connectivity index (χ1n) is 13.2. The third kappa shape index (κ3) is 6.06. The van der Waals surface area contributed by atoms with Crippen molar-refractivity contribution in [1.29, 1.82) is 0 Å². The van der Waals surface area contributed by atoms with Crippen LogP contribution in [0.1, 0.15) is 74.1 Å². The van der Waals surface area contributed by atoms with Gasteiger partial charge in [-0.25, -0.2) is 0 Å². The maximum atomic E-state index is 13.4. The summed E-state index contributed by atoms with van der Waals surface area (Å²) in [7, 11) is 1.84. The van der Waals surface area contributed by atoms with Gasteiger partial charge in [0.25, 0.3) is 5.91 Å². The van der Waals surface area contributed by atoms with E-state index in [-0.39, 0.29) is 11.8 Å². The zero-order valence-electron chi connectivity index (χ0n) is 21.5. The van der Waals surface area contributed by atoms with E-state index in [1.165, 1.54) is 5.56 Å². The standard InChI is InChI=1S/C28H40N4O3/c1-21(2)19-23-20-24(31(3)30-23)26(33)32-16-13-28(14-17-32)12-8-4-5-9-22-10-6-7-11-25(22)35-18-15-29-27(28)34/h6-7,10-11,20-21H,4-5,8-9,12-19H2,1-3H3,(H,29,34). The number of hydrogen-bond acceptors (Lipinski definition) is 4. The van der Waals surface area contributed by atoms with Gasteiger partial charge in [-0.2, -0.15) is 5.10 Å². The molecule has 2 aromatic rings. The molecule has 1 aromatic carbocycles. The van der Waals surface area contributed by atoms with Gasteiger partial charge in [0, 0.05) is 20.1 Å². The number of aryl methyl sites for hydroxylation is 2. The van der Waals surface area contributed by atoms with Crippen molar-refractivity contribution in [3.05, 3.63) is 47.3 Å². The lowest BCUT2D eigenvalue weighted by atomic mass is 9.73. The van der Waals surface area contributed by atoms with E-state index in [0.717, 1.165) is 50.0 Å². The fraction of sp³-hybridized carbons (Fsp3) is 0.607. The van der Waals surface area contributed by atoms with Crippen LogP contribution in [-0.2, 0) is 24.7 Å². The largest absolute Gasteiger partial charge is 0.491 e. The van der Waals surface area contributed by atoms with Gasteiger partial charge in [-0.15, -0.1) is 0 Å². The number of ether oxygens (including phenoxy) is 1. The predicted molar refractivity (Wildman–Crippen MR) is 136 cm³/mol. The van der Waals surface area contributed by atoms with E-state index in [4.69, 9.17) is 4.74 Å². The number of para-hydroxylation sites is 1. The minimum atomic E-state index is -0.410. The van der Waals surface area contributed by atoms with Crippen LogP contribution in [-0.4, -0.2) is 52.7 Å². The lowest BCUT2D eigenvalue weighted by molar-refractivity contribution is -0.134. The van der Waals surface area contributed by atoms with Crippen LogP contribution in [0.25, 0.3) is 0 Å². The normalized spacial score (nSPS) is 19.2. The first kappa shape index (κ1) is 25.3. The second kappa shape index (κ2) is 11.3. The van der Waals surface area contributed by atoms with Gasteiger partial charge in [-0.1, -0.05) is 44.9 Å². The molecule has 2 aliphatic heterocycles. The maximum absolute atomic E-state index is 13.4. The Morgan fingerprint density at radius 1 is 1.14 bits per heavy atom. The van der Waals surface area contributed by atoms with E-state index in [0.29, 0.717) is 50.7 Å². The van der Waals surface area contributed by atoms with E-state index in [1.54, 1.807) is 4.68 Å². The molecule has 0 bridgehead atoms. The summed E-state index contributed by atoms with van der Waals surface area (Å²) in [6, 6.07) is 10.1. The molecule has 35 heavy (non-hydrogen) atoms. The van der Waals surface area contributed by atoms with Gasteiger partial charge in [0.15, 0.2) is 0 Å². The number of benzene rings is 1. The first-order chi connectivity index (χ1) is 16.9. The number of fused-ring (bicyclic) bond motifs is 1. The predicted octanol–water partition coefficient (Wildman–Crippen LogP) is 4.15. The number of piperidine rings is 1. The van der Waals surface area contributed by atoms with Crippen molar-refractivity contribution in [1.82, 2.24) is 20.0 Å². The molecule has 2 aliphatic rings. The highest BCUT2D eigenvalue weighted by molar-refractivity contribution is 5.93. The molecule has 1 saturated heterocycles. The van der Waals surface area contributed by atoms with Crippen LogP contribution in [0.5, 0.6) is 5.75 Å². The molecule has 1 fully saturated rings. The highest BCUT2D eigenvalue weighted by Gasteiger charge is 2.42. The third-order valence-corrected chi connectivity index (χ3v) is 7.48. The van der Waals surface area contributed by atoms with Crippen LogP contribution in [0.4, 0.5) is 0 Å². The van der Waals surface area contributed by atoms with Crippen LogP contribution in [0.15, 0.2) is 30.3 Å². The van der Waals surface area contributed by atoms with Gasteiger partial charge in [-0.05, 0) is 62.1 Å². The molecule has 0 unspecified atom stereocenters. The molecule has 4 rings (SSSR count). The van der Waals surface area contributed by atoms with Gasteiger partial charge in [0.2, 0.25) is 5.91 Å². The molecule has 190 valence electrons. The van der Waals surface area contributed by atoms with Crippen molar-refractivity contribution in [2.24, 2.45) is 18.4 Å². The molecular formula is C28H40N4O3. The second-order valence-corrected chi connectivity index (χ2v) is 10.6. The number of rotatable bonds is 3. The average molecular weight is 481 g/mol. The topological polar surface area (TPSA) is 76.5 Å². The number of carbonyl (C=O) groups is 2. The maximum Gasteiger partial charge on any atom is 0.272 e. The van der Waals surface area contributed by atoms with E-state index in [2.05, 4.69) is 36.4 Å². The highest BCUT2D eigenvalue weighted by atomic mass is 16.5. The molecule has 3 heterocycles. The number of hydrogen-bond donors (Lipinski definition) is 1.